The molecule has 0 fully saturated rings. The fraction of sp³-hybridized carbons (Fsp3) is 0.278. The van der Waals surface area contributed by atoms with Crippen LogP contribution in [-0.4, -0.2) is 25.6 Å². The fourth-order valence-electron chi connectivity index (χ4n) is 2.19. The molecule has 128 valence electrons. The van der Waals surface area contributed by atoms with Crippen LogP contribution in [0.2, 0.25) is 0 Å². The van der Waals surface area contributed by atoms with Gasteiger partial charge in [0.15, 0.2) is 0 Å². The van der Waals surface area contributed by atoms with E-state index in [9.17, 15) is 13.6 Å². The van der Waals surface area contributed by atoms with Gasteiger partial charge in [-0.3, -0.25) is 4.79 Å². The van der Waals surface area contributed by atoms with Crippen LogP contribution in [0.1, 0.15) is 11.1 Å². The first-order valence-corrected chi connectivity index (χ1v) is 7.64. The summed E-state index contributed by atoms with van der Waals surface area (Å²) < 4.78 is 28.4. The lowest BCUT2D eigenvalue weighted by Gasteiger charge is -2.10. The molecule has 24 heavy (non-hydrogen) atoms. The number of rotatable bonds is 8. The number of carbonyl (C=O) groups is 1. The monoisotopic (exact) mass is 334 g/mol. The van der Waals surface area contributed by atoms with E-state index in [4.69, 9.17) is 0 Å². The van der Waals surface area contributed by atoms with Crippen molar-refractivity contribution < 1.29 is 18.3 Å². The van der Waals surface area contributed by atoms with Crippen LogP contribution in [0.5, 0.6) is 5.75 Å². The molecule has 0 radical (unpaired) electrons. The van der Waals surface area contributed by atoms with E-state index in [0.29, 0.717) is 13.0 Å². The van der Waals surface area contributed by atoms with Crippen LogP contribution >= 0.6 is 0 Å². The van der Waals surface area contributed by atoms with Crippen molar-refractivity contribution in [3.63, 3.8) is 0 Å². The normalized spacial score (nSPS) is 10.5. The summed E-state index contributed by atoms with van der Waals surface area (Å²) in [5.41, 5.74) is 2.95. The van der Waals surface area contributed by atoms with Crippen molar-refractivity contribution in [2.45, 2.75) is 20.0 Å². The lowest BCUT2D eigenvalue weighted by atomic mass is 10.1. The number of aryl methyl sites for hydroxylation is 1. The first-order valence-electron chi connectivity index (χ1n) is 7.64. The molecule has 0 aromatic heterocycles. The molecule has 2 aromatic carbocycles. The van der Waals surface area contributed by atoms with Crippen LogP contribution in [0.15, 0.2) is 48.5 Å². The minimum Gasteiger partial charge on any atom is -0.435 e. The summed E-state index contributed by atoms with van der Waals surface area (Å²) in [6, 6.07) is 14.1. The van der Waals surface area contributed by atoms with Gasteiger partial charge >= 0.3 is 6.61 Å². The van der Waals surface area contributed by atoms with E-state index in [0.717, 1.165) is 16.8 Å². The second-order valence-corrected chi connectivity index (χ2v) is 5.29. The number of alkyl halides is 2. The molecule has 0 aliphatic heterocycles. The molecule has 4 nitrogen and oxygen atoms in total. The zero-order chi connectivity index (χ0) is 17.4. The maximum atomic E-state index is 12.1. The predicted molar refractivity (Wildman–Crippen MR) is 89.5 cm³/mol. The van der Waals surface area contributed by atoms with Gasteiger partial charge < -0.3 is 15.4 Å². The Morgan fingerprint density at radius 3 is 2.50 bits per heavy atom. The molecule has 2 rings (SSSR count). The van der Waals surface area contributed by atoms with Gasteiger partial charge in [0.05, 0.1) is 6.54 Å². The molecule has 0 heterocycles. The maximum absolute atomic E-state index is 12.1. The van der Waals surface area contributed by atoms with Gasteiger partial charge in [-0.05, 0) is 42.7 Å². The Kier molecular flexibility index (Phi) is 6.54. The minimum absolute atomic E-state index is 0.101. The first kappa shape index (κ1) is 17.7. The number of halogens is 2. The number of anilines is 1. The third-order valence-electron chi connectivity index (χ3n) is 3.47. The third kappa shape index (κ3) is 5.87. The smallest absolute Gasteiger partial charge is 0.387 e. The molecule has 0 atom stereocenters. The van der Waals surface area contributed by atoms with Gasteiger partial charge in [0.25, 0.3) is 0 Å². The Hall–Kier alpha value is -2.63. The van der Waals surface area contributed by atoms with Crippen molar-refractivity contribution in [2.24, 2.45) is 0 Å². The van der Waals surface area contributed by atoms with Gasteiger partial charge in [0, 0.05) is 12.2 Å². The Balaban J connectivity index is 1.70. The number of carbonyl (C=O) groups excluding carboxylic acids is 1. The summed E-state index contributed by atoms with van der Waals surface area (Å²) >= 11 is 0. The van der Waals surface area contributed by atoms with E-state index in [1.54, 1.807) is 12.1 Å². The summed E-state index contributed by atoms with van der Waals surface area (Å²) in [5, 5.41) is 5.90. The maximum Gasteiger partial charge on any atom is 0.387 e. The molecule has 6 heteroatoms. The van der Waals surface area contributed by atoms with Crippen molar-refractivity contribution in [2.75, 3.05) is 18.4 Å². The van der Waals surface area contributed by atoms with Crippen LogP contribution in [0.4, 0.5) is 14.5 Å². The number of hydrogen-bond donors (Lipinski definition) is 2. The second kappa shape index (κ2) is 8.86. The Morgan fingerprint density at radius 2 is 1.83 bits per heavy atom. The van der Waals surface area contributed by atoms with Crippen LogP contribution < -0.4 is 15.4 Å². The molecule has 0 bridgehead atoms. The van der Waals surface area contributed by atoms with Crippen LogP contribution in [0.25, 0.3) is 0 Å². The molecule has 0 spiro atoms. The molecule has 1 amide bonds. The summed E-state index contributed by atoms with van der Waals surface area (Å²) in [7, 11) is 0. The average molecular weight is 334 g/mol. The molecular weight excluding hydrogens is 314 g/mol. The van der Waals surface area contributed by atoms with Crippen LogP contribution in [0, 0.1) is 6.92 Å². The van der Waals surface area contributed by atoms with Gasteiger partial charge in [-0.2, -0.15) is 8.78 Å². The highest BCUT2D eigenvalue weighted by atomic mass is 19.3. The SMILES string of the molecule is Cc1ccccc1NCC(=O)NCCc1ccc(OC(F)F)cc1. The Labute approximate surface area is 139 Å². The molecule has 0 saturated heterocycles. The molecule has 0 aliphatic carbocycles. The van der Waals surface area contributed by atoms with Crippen molar-refractivity contribution >= 4 is 11.6 Å². The highest BCUT2D eigenvalue weighted by Crippen LogP contribution is 2.15. The highest BCUT2D eigenvalue weighted by Gasteiger charge is 2.05. The number of nitrogens with one attached hydrogen (secondary N) is 2. The third-order valence-corrected chi connectivity index (χ3v) is 3.47. The lowest BCUT2D eigenvalue weighted by molar-refractivity contribution is -0.119. The first-order chi connectivity index (χ1) is 11.5. The van der Waals surface area contributed by atoms with E-state index in [1.807, 2.05) is 31.2 Å². The summed E-state index contributed by atoms with van der Waals surface area (Å²) in [6.45, 7) is -0.173. The average Bonchev–Trinajstić information content (AvgIpc) is 2.55. The van der Waals surface area contributed by atoms with Crippen molar-refractivity contribution in [3.8, 4) is 5.75 Å². The zero-order valence-corrected chi connectivity index (χ0v) is 13.4. The molecule has 0 unspecified atom stereocenters. The topological polar surface area (TPSA) is 50.4 Å². The summed E-state index contributed by atoms with van der Waals surface area (Å²) in [4.78, 5) is 11.8. The molecular formula is C18H20F2N2O2. The summed E-state index contributed by atoms with van der Waals surface area (Å²) in [6.07, 6.45) is 0.616. The fourth-order valence-corrected chi connectivity index (χ4v) is 2.19. The Bertz CT molecular complexity index is 660. The second-order valence-electron chi connectivity index (χ2n) is 5.29. The van der Waals surface area contributed by atoms with E-state index >= 15 is 0 Å². The van der Waals surface area contributed by atoms with Gasteiger partial charge in [-0.1, -0.05) is 30.3 Å². The van der Waals surface area contributed by atoms with Gasteiger partial charge in [0.1, 0.15) is 5.75 Å². The highest BCUT2D eigenvalue weighted by molar-refractivity contribution is 5.80. The van der Waals surface area contributed by atoms with Crippen LogP contribution in [-0.2, 0) is 11.2 Å². The van der Waals surface area contributed by atoms with Crippen molar-refractivity contribution in [3.05, 3.63) is 59.7 Å². The largest absolute Gasteiger partial charge is 0.435 e. The number of ether oxygens (including phenoxy) is 1. The van der Waals surface area contributed by atoms with Gasteiger partial charge in [-0.15, -0.1) is 0 Å². The van der Waals surface area contributed by atoms with E-state index < -0.39 is 6.61 Å². The Morgan fingerprint density at radius 1 is 1.12 bits per heavy atom. The molecule has 2 aromatic rings. The molecule has 0 aliphatic rings. The zero-order valence-electron chi connectivity index (χ0n) is 13.4. The van der Waals surface area contributed by atoms with E-state index in [1.165, 1.54) is 12.1 Å². The lowest BCUT2D eigenvalue weighted by Crippen LogP contribution is -2.31. The number of hydrogen-bond acceptors (Lipinski definition) is 3. The van der Waals surface area contributed by atoms with Crippen molar-refractivity contribution in [1.82, 2.24) is 5.32 Å². The number of para-hydroxylation sites is 1. The number of amides is 1. The molecule has 2 N–H and O–H groups in total. The molecule has 0 saturated carbocycles. The van der Waals surface area contributed by atoms with Crippen LogP contribution in [0.3, 0.4) is 0 Å². The summed E-state index contributed by atoms with van der Waals surface area (Å²) in [5.74, 6) is 0.0242. The van der Waals surface area contributed by atoms with Gasteiger partial charge in [-0.25, -0.2) is 0 Å². The standard InChI is InChI=1S/C18H20F2N2O2/c1-13-4-2-3-5-16(13)22-12-17(23)21-11-10-14-6-8-15(9-7-14)24-18(19)20/h2-9,18,22H,10-12H2,1H3,(H,21,23). The van der Waals surface area contributed by atoms with Gasteiger partial charge in [0.2, 0.25) is 5.91 Å². The van der Waals surface area contributed by atoms with Crippen molar-refractivity contribution in [1.29, 1.82) is 0 Å². The van der Waals surface area contributed by atoms with E-state index in [-0.39, 0.29) is 18.2 Å². The van der Waals surface area contributed by atoms with E-state index in [2.05, 4.69) is 15.4 Å². The predicted octanol–water partition coefficient (Wildman–Crippen LogP) is 3.37. The minimum atomic E-state index is -2.82. The number of benzene rings is 2. The quantitative estimate of drug-likeness (QED) is 0.778.